The van der Waals surface area contributed by atoms with Crippen LogP contribution < -0.4 is 14.8 Å². The molecule has 0 aliphatic heterocycles. The number of hydrogen-bond acceptors (Lipinski definition) is 4. The van der Waals surface area contributed by atoms with Crippen LogP contribution in [0.15, 0.2) is 30.3 Å². The summed E-state index contributed by atoms with van der Waals surface area (Å²) in [5.41, 5.74) is 1.08. The maximum absolute atomic E-state index is 5.98. The Morgan fingerprint density at radius 1 is 1.29 bits per heavy atom. The van der Waals surface area contributed by atoms with Gasteiger partial charge in [-0.05, 0) is 32.0 Å². The number of halogens is 1. The average molecular weight is 326 g/mol. The third kappa shape index (κ3) is 4.13. The maximum atomic E-state index is 5.98. The highest BCUT2D eigenvalue weighted by atomic mass is 35.5. The van der Waals surface area contributed by atoms with E-state index in [1.807, 2.05) is 31.2 Å². The molecule has 0 saturated heterocycles. The molecular formula is C16H20ClNO2S. The Bertz CT molecular complexity index is 585. The Labute approximate surface area is 134 Å². The largest absolute Gasteiger partial charge is 0.493 e. The number of thiophene rings is 1. The van der Waals surface area contributed by atoms with Crippen molar-refractivity contribution in [1.29, 1.82) is 0 Å². The van der Waals surface area contributed by atoms with Crippen molar-refractivity contribution in [2.45, 2.75) is 26.4 Å². The van der Waals surface area contributed by atoms with Crippen LogP contribution in [0.25, 0.3) is 0 Å². The summed E-state index contributed by atoms with van der Waals surface area (Å²) in [6.07, 6.45) is 0. The van der Waals surface area contributed by atoms with Crippen LogP contribution in [0.3, 0.4) is 0 Å². The maximum Gasteiger partial charge on any atom is 0.165 e. The minimum atomic E-state index is 0.239. The number of methoxy groups -OCH3 is 1. The normalized spacial score (nSPS) is 12.2. The highest BCUT2D eigenvalue weighted by molar-refractivity contribution is 7.16. The molecule has 2 aromatic rings. The Morgan fingerprint density at radius 2 is 2.10 bits per heavy atom. The average Bonchev–Trinajstić information content (AvgIpc) is 2.92. The molecule has 1 atom stereocenters. The minimum absolute atomic E-state index is 0.239. The third-order valence-electron chi connectivity index (χ3n) is 3.18. The first kappa shape index (κ1) is 16.1. The summed E-state index contributed by atoms with van der Waals surface area (Å²) in [7, 11) is 1.67. The van der Waals surface area contributed by atoms with Gasteiger partial charge in [-0.25, -0.2) is 0 Å². The molecular weight excluding hydrogens is 306 g/mol. The first-order chi connectivity index (χ1) is 10.2. The SMILES string of the molecule is CCOc1cccc(CNC(C)c2ccc(Cl)s2)c1OC. The van der Waals surface area contributed by atoms with Crippen LogP contribution in [0.5, 0.6) is 11.5 Å². The fourth-order valence-electron chi connectivity index (χ4n) is 2.13. The first-order valence-corrected chi connectivity index (χ1v) is 8.12. The molecule has 1 aromatic heterocycles. The second-order valence-corrected chi connectivity index (χ2v) is 6.37. The van der Waals surface area contributed by atoms with Crippen molar-refractivity contribution in [1.82, 2.24) is 5.32 Å². The summed E-state index contributed by atoms with van der Waals surface area (Å²) >= 11 is 7.58. The van der Waals surface area contributed by atoms with Gasteiger partial charge in [0.15, 0.2) is 11.5 Å². The zero-order valence-corrected chi connectivity index (χ0v) is 14.1. The smallest absolute Gasteiger partial charge is 0.165 e. The van der Waals surface area contributed by atoms with E-state index in [0.29, 0.717) is 13.2 Å². The quantitative estimate of drug-likeness (QED) is 0.803. The number of ether oxygens (including phenoxy) is 2. The highest BCUT2D eigenvalue weighted by Gasteiger charge is 2.12. The third-order valence-corrected chi connectivity index (χ3v) is 4.60. The molecule has 0 saturated carbocycles. The molecule has 0 aliphatic rings. The molecule has 0 amide bonds. The molecule has 1 aromatic carbocycles. The Morgan fingerprint density at radius 3 is 2.71 bits per heavy atom. The summed E-state index contributed by atoms with van der Waals surface area (Å²) in [5, 5.41) is 3.49. The molecule has 1 heterocycles. The summed E-state index contributed by atoms with van der Waals surface area (Å²) in [4.78, 5) is 1.22. The van der Waals surface area contributed by atoms with Crippen LogP contribution in [-0.2, 0) is 6.54 Å². The number of benzene rings is 1. The van der Waals surface area contributed by atoms with Gasteiger partial charge in [0.2, 0.25) is 0 Å². The van der Waals surface area contributed by atoms with Gasteiger partial charge < -0.3 is 14.8 Å². The van der Waals surface area contributed by atoms with Crippen LogP contribution in [0.1, 0.15) is 30.3 Å². The van der Waals surface area contributed by atoms with Gasteiger partial charge in [-0.1, -0.05) is 23.7 Å². The second-order valence-electron chi connectivity index (χ2n) is 4.63. The Kier molecular flexibility index (Phi) is 5.91. The van der Waals surface area contributed by atoms with Gasteiger partial charge in [0.05, 0.1) is 18.1 Å². The van der Waals surface area contributed by atoms with Gasteiger partial charge in [0.25, 0.3) is 0 Å². The zero-order valence-electron chi connectivity index (χ0n) is 12.5. The van der Waals surface area contributed by atoms with E-state index in [9.17, 15) is 0 Å². The van der Waals surface area contributed by atoms with Crippen molar-refractivity contribution < 1.29 is 9.47 Å². The molecule has 0 fully saturated rings. The fourth-order valence-corrected chi connectivity index (χ4v) is 3.21. The van der Waals surface area contributed by atoms with Crippen LogP contribution >= 0.6 is 22.9 Å². The van der Waals surface area contributed by atoms with Crippen molar-refractivity contribution in [2.24, 2.45) is 0 Å². The van der Waals surface area contributed by atoms with Crippen LogP contribution in [-0.4, -0.2) is 13.7 Å². The molecule has 1 unspecified atom stereocenters. The van der Waals surface area contributed by atoms with E-state index in [4.69, 9.17) is 21.1 Å². The van der Waals surface area contributed by atoms with Gasteiger partial charge >= 0.3 is 0 Å². The predicted octanol–water partition coefficient (Wildman–Crippen LogP) is 4.66. The van der Waals surface area contributed by atoms with Crippen LogP contribution in [0.2, 0.25) is 4.34 Å². The van der Waals surface area contributed by atoms with Gasteiger partial charge in [-0.15, -0.1) is 11.3 Å². The summed E-state index contributed by atoms with van der Waals surface area (Å²) in [6.45, 7) is 5.42. The van der Waals surface area contributed by atoms with Crippen LogP contribution in [0.4, 0.5) is 0 Å². The van der Waals surface area contributed by atoms with E-state index in [0.717, 1.165) is 21.4 Å². The van der Waals surface area contributed by atoms with Crippen LogP contribution in [0, 0.1) is 0 Å². The molecule has 0 bridgehead atoms. The van der Waals surface area contributed by atoms with E-state index in [-0.39, 0.29) is 6.04 Å². The van der Waals surface area contributed by atoms with E-state index in [1.165, 1.54) is 4.88 Å². The van der Waals surface area contributed by atoms with Crippen molar-refractivity contribution in [3.8, 4) is 11.5 Å². The molecule has 0 radical (unpaired) electrons. The van der Waals surface area contributed by atoms with E-state index in [1.54, 1.807) is 18.4 Å². The molecule has 1 N–H and O–H groups in total. The molecule has 114 valence electrons. The summed E-state index contributed by atoms with van der Waals surface area (Å²) in [6, 6.07) is 10.2. The Hall–Kier alpha value is -1.23. The van der Waals surface area contributed by atoms with Gasteiger partial charge in [-0.2, -0.15) is 0 Å². The number of nitrogens with one attached hydrogen (secondary N) is 1. The van der Waals surface area contributed by atoms with Crippen molar-refractivity contribution in [3.63, 3.8) is 0 Å². The van der Waals surface area contributed by atoms with Gasteiger partial charge in [0.1, 0.15) is 0 Å². The van der Waals surface area contributed by atoms with E-state index in [2.05, 4.69) is 18.3 Å². The number of hydrogen-bond donors (Lipinski definition) is 1. The van der Waals surface area contributed by atoms with Crippen molar-refractivity contribution in [3.05, 3.63) is 45.1 Å². The van der Waals surface area contributed by atoms with Crippen molar-refractivity contribution >= 4 is 22.9 Å². The van der Waals surface area contributed by atoms with E-state index >= 15 is 0 Å². The molecule has 3 nitrogen and oxygen atoms in total. The Balaban J connectivity index is 2.07. The second kappa shape index (κ2) is 7.69. The summed E-state index contributed by atoms with van der Waals surface area (Å²) < 4.78 is 11.9. The summed E-state index contributed by atoms with van der Waals surface area (Å²) in [5.74, 6) is 1.58. The van der Waals surface area contributed by atoms with Gasteiger partial charge in [0, 0.05) is 23.0 Å². The number of rotatable bonds is 7. The van der Waals surface area contributed by atoms with Gasteiger partial charge in [-0.3, -0.25) is 0 Å². The lowest BCUT2D eigenvalue weighted by Gasteiger charge is -2.16. The monoisotopic (exact) mass is 325 g/mol. The zero-order chi connectivity index (χ0) is 15.2. The molecule has 0 aliphatic carbocycles. The lowest BCUT2D eigenvalue weighted by Crippen LogP contribution is -2.17. The first-order valence-electron chi connectivity index (χ1n) is 6.93. The topological polar surface area (TPSA) is 30.5 Å². The predicted molar refractivity (Wildman–Crippen MR) is 88.7 cm³/mol. The standard InChI is InChI=1S/C16H20ClNO2S/c1-4-20-13-7-5-6-12(16(13)19-3)10-18-11(2)14-8-9-15(17)21-14/h5-9,11,18H,4,10H2,1-3H3. The molecule has 21 heavy (non-hydrogen) atoms. The lowest BCUT2D eigenvalue weighted by molar-refractivity contribution is 0.308. The molecule has 0 spiro atoms. The molecule has 2 rings (SSSR count). The van der Waals surface area contributed by atoms with E-state index < -0.39 is 0 Å². The highest BCUT2D eigenvalue weighted by Crippen LogP contribution is 2.32. The lowest BCUT2D eigenvalue weighted by atomic mass is 10.1. The van der Waals surface area contributed by atoms with Crippen molar-refractivity contribution in [2.75, 3.05) is 13.7 Å². The number of para-hydroxylation sites is 1. The molecule has 5 heteroatoms. The fraction of sp³-hybridized carbons (Fsp3) is 0.375. The minimum Gasteiger partial charge on any atom is -0.493 e.